The maximum absolute atomic E-state index is 12.6. The topological polar surface area (TPSA) is 95.8 Å². The molecule has 0 aliphatic carbocycles. The van der Waals surface area contributed by atoms with E-state index in [2.05, 4.69) is 10.5 Å². The fraction of sp³-hybridized carbons (Fsp3) is 0.273. The molecule has 1 fully saturated rings. The highest BCUT2D eigenvalue weighted by Crippen LogP contribution is 2.19. The highest BCUT2D eigenvalue weighted by Gasteiger charge is 2.23. The van der Waals surface area contributed by atoms with Crippen LogP contribution < -0.4 is 5.32 Å². The minimum Gasteiger partial charge on any atom is -0.355 e. The highest BCUT2D eigenvalue weighted by molar-refractivity contribution is 7.08. The van der Waals surface area contributed by atoms with Gasteiger partial charge < -0.3 is 19.6 Å². The number of nitrogens with zero attached hydrogens (tertiary/aromatic N) is 3. The Balaban J connectivity index is 1.28. The van der Waals surface area contributed by atoms with E-state index in [1.165, 1.54) is 11.3 Å². The Kier molecular flexibility index (Phi) is 6.42. The van der Waals surface area contributed by atoms with Crippen LogP contribution in [0.25, 0.3) is 11.3 Å². The van der Waals surface area contributed by atoms with Crippen molar-refractivity contribution in [3.63, 3.8) is 0 Å². The molecule has 31 heavy (non-hydrogen) atoms. The molecular weight excluding hydrogens is 416 g/mol. The molecule has 1 aromatic carbocycles. The third kappa shape index (κ3) is 5.00. The van der Waals surface area contributed by atoms with E-state index in [4.69, 9.17) is 4.52 Å². The van der Waals surface area contributed by atoms with E-state index >= 15 is 0 Å². The van der Waals surface area contributed by atoms with Gasteiger partial charge in [-0.05, 0) is 17.9 Å². The van der Waals surface area contributed by atoms with Crippen LogP contribution in [0.3, 0.4) is 0 Å². The fourth-order valence-electron chi connectivity index (χ4n) is 3.42. The average molecular weight is 439 g/mol. The molecule has 3 heterocycles. The Labute approximate surface area is 183 Å². The van der Waals surface area contributed by atoms with E-state index < -0.39 is 5.91 Å². The minimum atomic E-state index is -0.469. The predicted molar refractivity (Wildman–Crippen MR) is 116 cm³/mol. The zero-order valence-corrected chi connectivity index (χ0v) is 17.6. The number of amides is 3. The second-order valence-electron chi connectivity index (χ2n) is 7.16. The van der Waals surface area contributed by atoms with Gasteiger partial charge in [-0.2, -0.15) is 11.3 Å². The van der Waals surface area contributed by atoms with Crippen molar-refractivity contribution >= 4 is 29.1 Å². The molecule has 0 radical (unpaired) electrons. The summed E-state index contributed by atoms with van der Waals surface area (Å²) >= 11 is 1.49. The number of benzene rings is 1. The van der Waals surface area contributed by atoms with Crippen molar-refractivity contribution in [2.75, 3.05) is 32.7 Å². The molecule has 1 N–H and O–H groups in total. The van der Waals surface area contributed by atoms with Gasteiger partial charge in [-0.3, -0.25) is 14.4 Å². The SMILES string of the molecule is O=C(NCC(=O)N1CCCN(C(=O)c2ccsc2)CC1)c1cc(-c2ccccc2)on1. The summed E-state index contributed by atoms with van der Waals surface area (Å²) in [6, 6.07) is 12.7. The van der Waals surface area contributed by atoms with Crippen molar-refractivity contribution in [1.82, 2.24) is 20.3 Å². The molecular formula is C22H22N4O4S. The summed E-state index contributed by atoms with van der Waals surface area (Å²) in [5.74, 6) is -0.183. The smallest absolute Gasteiger partial charge is 0.273 e. The predicted octanol–water partition coefficient (Wildman–Crippen LogP) is 2.51. The van der Waals surface area contributed by atoms with E-state index in [0.29, 0.717) is 43.9 Å². The number of carbonyl (C=O) groups excluding carboxylic acids is 3. The third-order valence-corrected chi connectivity index (χ3v) is 5.79. The molecule has 0 spiro atoms. The van der Waals surface area contributed by atoms with Gasteiger partial charge in [0.1, 0.15) is 0 Å². The number of aromatic nitrogens is 1. The first-order chi connectivity index (χ1) is 15.1. The van der Waals surface area contributed by atoms with Crippen LogP contribution in [-0.4, -0.2) is 65.4 Å². The molecule has 0 unspecified atom stereocenters. The maximum atomic E-state index is 12.6. The summed E-state index contributed by atoms with van der Waals surface area (Å²) < 4.78 is 5.23. The zero-order chi connectivity index (χ0) is 21.6. The lowest BCUT2D eigenvalue weighted by molar-refractivity contribution is -0.129. The van der Waals surface area contributed by atoms with Crippen LogP contribution in [0.5, 0.6) is 0 Å². The first kappa shape index (κ1) is 20.8. The summed E-state index contributed by atoms with van der Waals surface area (Å²) in [6.45, 7) is 1.92. The first-order valence-electron chi connectivity index (χ1n) is 10.0. The van der Waals surface area contributed by atoms with Gasteiger partial charge in [-0.25, -0.2) is 0 Å². The molecule has 2 aromatic heterocycles. The number of hydrogen-bond acceptors (Lipinski definition) is 6. The van der Waals surface area contributed by atoms with E-state index in [-0.39, 0.29) is 24.1 Å². The number of nitrogens with one attached hydrogen (secondary N) is 1. The molecule has 1 saturated heterocycles. The van der Waals surface area contributed by atoms with Gasteiger partial charge in [0.05, 0.1) is 12.1 Å². The van der Waals surface area contributed by atoms with Gasteiger partial charge in [-0.15, -0.1) is 0 Å². The third-order valence-electron chi connectivity index (χ3n) is 5.11. The van der Waals surface area contributed by atoms with Gasteiger partial charge in [0, 0.05) is 43.2 Å². The van der Waals surface area contributed by atoms with E-state index in [0.717, 1.165) is 5.56 Å². The number of thiophene rings is 1. The second kappa shape index (κ2) is 9.57. The Hall–Kier alpha value is -3.46. The van der Waals surface area contributed by atoms with Gasteiger partial charge in [0.15, 0.2) is 11.5 Å². The molecule has 1 aliphatic rings. The number of hydrogen-bond donors (Lipinski definition) is 1. The van der Waals surface area contributed by atoms with E-state index in [1.807, 2.05) is 47.2 Å². The van der Waals surface area contributed by atoms with Crippen molar-refractivity contribution in [2.45, 2.75) is 6.42 Å². The first-order valence-corrected chi connectivity index (χ1v) is 11.0. The van der Waals surface area contributed by atoms with Crippen molar-refractivity contribution in [2.24, 2.45) is 0 Å². The van der Waals surface area contributed by atoms with Crippen LogP contribution in [0, 0.1) is 0 Å². The van der Waals surface area contributed by atoms with Gasteiger partial charge >= 0.3 is 0 Å². The normalized spacial score (nSPS) is 14.2. The molecule has 0 bridgehead atoms. The van der Waals surface area contributed by atoms with Crippen LogP contribution in [0.15, 0.2) is 57.7 Å². The lowest BCUT2D eigenvalue weighted by Crippen LogP contribution is -2.42. The van der Waals surface area contributed by atoms with Crippen LogP contribution in [0.4, 0.5) is 0 Å². The second-order valence-corrected chi connectivity index (χ2v) is 7.94. The molecule has 1 aliphatic heterocycles. The van der Waals surface area contributed by atoms with Crippen LogP contribution in [0.1, 0.15) is 27.3 Å². The number of carbonyl (C=O) groups is 3. The van der Waals surface area contributed by atoms with Crippen LogP contribution >= 0.6 is 11.3 Å². The molecule has 9 heteroatoms. The monoisotopic (exact) mass is 438 g/mol. The standard InChI is InChI=1S/C22H22N4O4S/c27-20(25-8-4-9-26(11-10-25)22(29)17-7-12-31-15-17)14-23-21(28)18-13-19(30-24-18)16-5-2-1-3-6-16/h1-3,5-7,12-13,15H,4,8-11,14H2,(H,23,28). The fourth-order valence-corrected chi connectivity index (χ4v) is 4.05. The molecule has 4 rings (SSSR count). The molecule has 3 amide bonds. The Morgan fingerprint density at radius 1 is 1.03 bits per heavy atom. The highest BCUT2D eigenvalue weighted by atomic mass is 32.1. The molecule has 8 nitrogen and oxygen atoms in total. The zero-order valence-electron chi connectivity index (χ0n) is 16.8. The van der Waals surface area contributed by atoms with E-state index in [9.17, 15) is 14.4 Å². The lowest BCUT2D eigenvalue weighted by Gasteiger charge is -2.22. The van der Waals surface area contributed by atoms with Crippen molar-refractivity contribution in [3.05, 3.63) is 64.5 Å². The van der Waals surface area contributed by atoms with Gasteiger partial charge in [-0.1, -0.05) is 35.5 Å². The van der Waals surface area contributed by atoms with Crippen LogP contribution in [0.2, 0.25) is 0 Å². The van der Waals surface area contributed by atoms with Crippen molar-refractivity contribution in [3.8, 4) is 11.3 Å². The molecule has 3 aromatic rings. The van der Waals surface area contributed by atoms with Crippen molar-refractivity contribution < 1.29 is 18.9 Å². The quantitative estimate of drug-likeness (QED) is 0.660. The average Bonchev–Trinajstić information content (AvgIpc) is 3.46. The van der Waals surface area contributed by atoms with Crippen LogP contribution in [-0.2, 0) is 4.79 Å². The van der Waals surface area contributed by atoms with Gasteiger partial charge in [0.2, 0.25) is 5.91 Å². The summed E-state index contributed by atoms with van der Waals surface area (Å²) in [5.41, 5.74) is 1.62. The molecule has 0 saturated carbocycles. The largest absolute Gasteiger partial charge is 0.355 e. The summed E-state index contributed by atoms with van der Waals surface area (Å²) in [5, 5.41) is 10.1. The molecule has 0 atom stereocenters. The Morgan fingerprint density at radius 3 is 2.58 bits per heavy atom. The summed E-state index contributed by atoms with van der Waals surface area (Å²) in [7, 11) is 0. The minimum absolute atomic E-state index is 0.0101. The summed E-state index contributed by atoms with van der Waals surface area (Å²) in [4.78, 5) is 40.9. The lowest BCUT2D eigenvalue weighted by atomic mass is 10.1. The Bertz CT molecular complexity index is 1050. The molecule has 160 valence electrons. The maximum Gasteiger partial charge on any atom is 0.273 e. The van der Waals surface area contributed by atoms with E-state index in [1.54, 1.807) is 15.9 Å². The van der Waals surface area contributed by atoms with Crippen molar-refractivity contribution in [1.29, 1.82) is 0 Å². The summed E-state index contributed by atoms with van der Waals surface area (Å²) in [6.07, 6.45) is 0.694. The Morgan fingerprint density at radius 2 is 1.81 bits per heavy atom. The van der Waals surface area contributed by atoms with Gasteiger partial charge in [0.25, 0.3) is 11.8 Å². The number of rotatable bonds is 5.